The molecule has 150 valence electrons. The molecule has 0 saturated carbocycles. The summed E-state index contributed by atoms with van der Waals surface area (Å²) in [4.78, 5) is 8.48. The Morgan fingerprint density at radius 2 is 1.78 bits per heavy atom. The summed E-state index contributed by atoms with van der Waals surface area (Å²) in [5, 5.41) is 11.3. The molecule has 0 aliphatic heterocycles. The highest BCUT2D eigenvalue weighted by Crippen LogP contribution is 2.22. The zero-order chi connectivity index (χ0) is 19.4. The van der Waals surface area contributed by atoms with E-state index in [1.165, 1.54) is 12.1 Å². The van der Waals surface area contributed by atoms with Gasteiger partial charge in [-0.1, -0.05) is 32.9 Å². The van der Waals surface area contributed by atoms with Crippen molar-refractivity contribution in [1.29, 1.82) is 0 Å². The Bertz CT molecular complexity index is 871. The van der Waals surface area contributed by atoms with Gasteiger partial charge in [-0.2, -0.15) is 0 Å². The summed E-state index contributed by atoms with van der Waals surface area (Å²) < 4.78 is 28.2. The summed E-state index contributed by atoms with van der Waals surface area (Å²) in [6.07, 6.45) is 1.74. The van der Waals surface area contributed by atoms with Gasteiger partial charge in [0.2, 0.25) is 15.9 Å². The van der Waals surface area contributed by atoms with Crippen molar-refractivity contribution in [3.63, 3.8) is 0 Å². The van der Waals surface area contributed by atoms with Crippen LogP contribution in [0.15, 0.2) is 44.8 Å². The minimum absolute atomic E-state index is 0. The number of hydrogen-bond acceptors (Lipinski definition) is 5. The normalized spacial score (nSPS) is 12.4. The van der Waals surface area contributed by atoms with Crippen LogP contribution in [0.2, 0.25) is 0 Å². The van der Waals surface area contributed by atoms with Crippen LogP contribution < -0.4 is 15.8 Å². The third kappa shape index (κ3) is 7.11. The summed E-state index contributed by atoms with van der Waals surface area (Å²) in [7, 11) is -2.01. The number of sulfonamides is 1. The fourth-order valence-corrected chi connectivity index (χ4v) is 2.62. The Morgan fingerprint density at radius 1 is 1.19 bits per heavy atom. The number of benzene rings is 1. The summed E-state index contributed by atoms with van der Waals surface area (Å²) in [5.74, 6) is 1.98. The van der Waals surface area contributed by atoms with Gasteiger partial charge in [-0.25, -0.2) is 18.5 Å². The van der Waals surface area contributed by atoms with E-state index in [1.54, 1.807) is 25.4 Å². The predicted molar refractivity (Wildman–Crippen MR) is 115 cm³/mol. The quantitative estimate of drug-likeness (QED) is 0.324. The molecule has 0 aliphatic carbocycles. The maximum Gasteiger partial charge on any atom is 0.238 e. The first-order valence-electron chi connectivity index (χ1n) is 8.11. The van der Waals surface area contributed by atoms with Crippen molar-refractivity contribution in [2.75, 3.05) is 7.05 Å². The van der Waals surface area contributed by atoms with Crippen molar-refractivity contribution in [2.45, 2.75) is 44.2 Å². The molecule has 1 aromatic carbocycles. The van der Waals surface area contributed by atoms with E-state index >= 15 is 0 Å². The van der Waals surface area contributed by atoms with Crippen LogP contribution in [0.4, 0.5) is 0 Å². The van der Waals surface area contributed by atoms with E-state index in [-0.39, 0.29) is 34.3 Å². The lowest BCUT2D eigenvalue weighted by Crippen LogP contribution is -2.36. The molecular weight excluding hydrogens is 481 g/mol. The topological polar surface area (TPSA) is 123 Å². The maximum atomic E-state index is 11.3. The molecule has 0 bridgehead atoms. The lowest BCUT2D eigenvalue weighted by atomic mass is 9.94. The Balaban J connectivity index is 0.00000364. The van der Waals surface area contributed by atoms with Crippen molar-refractivity contribution < 1.29 is 12.8 Å². The smallest absolute Gasteiger partial charge is 0.238 e. The van der Waals surface area contributed by atoms with Crippen molar-refractivity contribution >= 4 is 40.0 Å². The van der Waals surface area contributed by atoms with Crippen LogP contribution in [-0.4, -0.2) is 26.4 Å². The van der Waals surface area contributed by atoms with Gasteiger partial charge in [0.15, 0.2) is 5.96 Å². The summed E-state index contributed by atoms with van der Waals surface area (Å²) in [6, 6.07) is 6.35. The molecule has 0 fully saturated rings. The zero-order valence-electron chi connectivity index (χ0n) is 15.8. The number of guanidine groups is 1. The molecule has 4 N–H and O–H groups in total. The molecule has 0 atom stereocenters. The molecule has 1 heterocycles. The fraction of sp³-hybridized carbons (Fsp3) is 0.412. The molecule has 1 aromatic heterocycles. The van der Waals surface area contributed by atoms with Gasteiger partial charge in [-0.15, -0.1) is 24.0 Å². The number of halogens is 1. The number of aromatic nitrogens is 1. The van der Waals surface area contributed by atoms with Gasteiger partial charge in [0, 0.05) is 19.0 Å². The average Bonchev–Trinajstić information content (AvgIpc) is 3.04. The van der Waals surface area contributed by atoms with Gasteiger partial charge in [0.1, 0.15) is 5.76 Å². The largest absolute Gasteiger partial charge is 0.443 e. The molecule has 0 unspecified atom stereocenters. The van der Waals surface area contributed by atoms with Gasteiger partial charge >= 0.3 is 0 Å². The van der Waals surface area contributed by atoms with E-state index in [2.05, 4.69) is 41.4 Å². The second-order valence-electron chi connectivity index (χ2n) is 6.84. The molecule has 0 aliphatic rings. The third-order valence-corrected chi connectivity index (χ3v) is 4.56. The number of aliphatic imine (C=N–C) groups is 1. The molecule has 0 saturated heterocycles. The second kappa shape index (κ2) is 9.51. The first kappa shape index (κ1) is 23.4. The van der Waals surface area contributed by atoms with Crippen LogP contribution in [-0.2, 0) is 28.5 Å². The molecule has 0 amide bonds. The highest BCUT2D eigenvalue weighted by atomic mass is 127. The zero-order valence-corrected chi connectivity index (χ0v) is 19.0. The fourth-order valence-electron chi connectivity index (χ4n) is 2.10. The first-order chi connectivity index (χ1) is 12.1. The molecule has 2 aromatic rings. The molecule has 10 heteroatoms. The van der Waals surface area contributed by atoms with Gasteiger partial charge < -0.3 is 15.1 Å². The van der Waals surface area contributed by atoms with Gasteiger partial charge in [-0.3, -0.25) is 4.99 Å². The number of nitrogens with zero attached hydrogens (tertiary/aromatic N) is 2. The van der Waals surface area contributed by atoms with Crippen LogP contribution in [0.25, 0.3) is 0 Å². The molecule has 2 rings (SSSR count). The average molecular weight is 507 g/mol. The van der Waals surface area contributed by atoms with E-state index in [9.17, 15) is 8.42 Å². The van der Waals surface area contributed by atoms with Crippen molar-refractivity contribution in [3.8, 4) is 0 Å². The number of primary sulfonamides is 1. The number of nitrogens with two attached hydrogens (primary N) is 1. The minimum Gasteiger partial charge on any atom is -0.443 e. The third-order valence-electron chi connectivity index (χ3n) is 3.64. The molecule has 0 radical (unpaired) electrons. The van der Waals surface area contributed by atoms with Crippen LogP contribution in [0.3, 0.4) is 0 Å². The predicted octanol–water partition coefficient (Wildman–Crippen LogP) is 2.10. The minimum atomic E-state index is -3.68. The van der Waals surface area contributed by atoms with Crippen LogP contribution in [0, 0.1) is 0 Å². The Labute approximate surface area is 177 Å². The highest BCUT2D eigenvalue weighted by molar-refractivity contribution is 14.0. The van der Waals surface area contributed by atoms with Gasteiger partial charge in [-0.05, 0) is 17.7 Å². The van der Waals surface area contributed by atoms with Crippen LogP contribution in [0.1, 0.15) is 38.0 Å². The first-order valence-corrected chi connectivity index (χ1v) is 9.65. The van der Waals surface area contributed by atoms with Crippen molar-refractivity contribution in [2.24, 2.45) is 10.1 Å². The van der Waals surface area contributed by atoms with E-state index < -0.39 is 10.0 Å². The lowest BCUT2D eigenvalue weighted by molar-refractivity contribution is 0.379. The molecule has 8 nitrogen and oxygen atoms in total. The summed E-state index contributed by atoms with van der Waals surface area (Å²) in [6.45, 7) is 7.06. The van der Waals surface area contributed by atoms with Crippen molar-refractivity contribution in [1.82, 2.24) is 15.6 Å². The van der Waals surface area contributed by atoms with E-state index in [0.717, 1.165) is 11.3 Å². The summed E-state index contributed by atoms with van der Waals surface area (Å²) in [5.41, 5.74) is 0.806. The molecular formula is C17H26IN5O3S. The number of oxazole rings is 1. The molecule has 27 heavy (non-hydrogen) atoms. The monoisotopic (exact) mass is 507 g/mol. The Hall–Kier alpha value is -1.66. The number of hydrogen-bond donors (Lipinski definition) is 3. The molecule has 0 spiro atoms. The van der Waals surface area contributed by atoms with E-state index in [1.807, 2.05) is 0 Å². The SMILES string of the molecule is CN=C(NCc1ccc(S(N)(=O)=O)cc1)NCc1ncc(C(C)(C)C)o1.I. The highest BCUT2D eigenvalue weighted by Gasteiger charge is 2.19. The second-order valence-corrected chi connectivity index (χ2v) is 8.40. The van der Waals surface area contributed by atoms with Crippen LogP contribution >= 0.6 is 24.0 Å². The van der Waals surface area contributed by atoms with Gasteiger partial charge in [0.25, 0.3) is 0 Å². The number of nitrogens with one attached hydrogen (secondary N) is 2. The number of rotatable bonds is 5. The summed E-state index contributed by atoms with van der Waals surface area (Å²) >= 11 is 0. The maximum absolute atomic E-state index is 11.3. The Kier molecular flexibility index (Phi) is 8.23. The standard InChI is InChI=1S/C17H25N5O3S.HI/c1-17(2,3)14-10-20-15(25-14)11-22-16(19-4)21-9-12-5-7-13(8-6-12)26(18,23)24;/h5-8,10H,9,11H2,1-4H3,(H2,18,23,24)(H2,19,21,22);1H. The van der Waals surface area contributed by atoms with Crippen molar-refractivity contribution in [3.05, 3.63) is 47.7 Å². The van der Waals surface area contributed by atoms with E-state index in [4.69, 9.17) is 9.56 Å². The van der Waals surface area contributed by atoms with Gasteiger partial charge in [0.05, 0.1) is 17.6 Å². The van der Waals surface area contributed by atoms with Crippen LogP contribution in [0.5, 0.6) is 0 Å². The van der Waals surface area contributed by atoms with E-state index in [0.29, 0.717) is 24.9 Å². The lowest BCUT2D eigenvalue weighted by Gasteiger charge is -2.13. The Morgan fingerprint density at radius 3 is 2.26 bits per heavy atom.